The third kappa shape index (κ3) is 4.15. The molecule has 0 amide bonds. The standard InChI is InChI=1S/C4H8N2O2.Pt/c1-3(5-7)4(2)6-8;/h7-8H,1-2H3;. The van der Waals surface area contributed by atoms with Gasteiger partial charge in [-0.05, 0) is 13.8 Å². The topological polar surface area (TPSA) is 65.2 Å². The van der Waals surface area contributed by atoms with E-state index in [2.05, 4.69) is 10.3 Å². The molecule has 0 aliphatic carbocycles. The van der Waals surface area contributed by atoms with Crippen LogP contribution >= 0.6 is 0 Å². The van der Waals surface area contributed by atoms with E-state index < -0.39 is 0 Å². The van der Waals surface area contributed by atoms with Crippen molar-refractivity contribution in [2.75, 3.05) is 0 Å². The summed E-state index contributed by atoms with van der Waals surface area (Å²) < 4.78 is 0. The maximum absolute atomic E-state index is 8.03. The van der Waals surface area contributed by atoms with E-state index in [9.17, 15) is 0 Å². The summed E-state index contributed by atoms with van der Waals surface area (Å²) in [5.41, 5.74) is 0.625. The van der Waals surface area contributed by atoms with Crippen molar-refractivity contribution in [1.82, 2.24) is 0 Å². The Hall–Kier alpha value is -0.372. The second-order valence-corrected chi connectivity index (χ2v) is 1.37. The zero-order valence-electron chi connectivity index (χ0n) is 5.11. The minimum Gasteiger partial charge on any atom is -0.411 e. The van der Waals surface area contributed by atoms with Gasteiger partial charge in [0, 0.05) is 21.1 Å². The Bertz CT molecular complexity index is 117. The van der Waals surface area contributed by atoms with Gasteiger partial charge in [-0.15, -0.1) is 0 Å². The monoisotopic (exact) mass is 311 g/mol. The van der Waals surface area contributed by atoms with E-state index in [0.29, 0.717) is 11.4 Å². The SMILES string of the molecule is CC(=NO)C(C)=NO.[Pt]. The summed E-state index contributed by atoms with van der Waals surface area (Å²) >= 11 is 0. The van der Waals surface area contributed by atoms with Crippen molar-refractivity contribution < 1.29 is 31.5 Å². The summed E-state index contributed by atoms with van der Waals surface area (Å²) in [5, 5.41) is 21.6. The summed E-state index contributed by atoms with van der Waals surface area (Å²) in [4.78, 5) is 0. The minimum atomic E-state index is 0. The van der Waals surface area contributed by atoms with Crippen molar-refractivity contribution in [1.29, 1.82) is 0 Å². The molecule has 5 heteroatoms. The largest absolute Gasteiger partial charge is 0.411 e. The van der Waals surface area contributed by atoms with E-state index in [4.69, 9.17) is 10.4 Å². The summed E-state index contributed by atoms with van der Waals surface area (Å²) in [6.45, 7) is 3.07. The molecule has 0 fully saturated rings. The van der Waals surface area contributed by atoms with Crippen molar-refractivity contribution in [2.45, 2.75) is 13.8 Å². The molecule has 0 radical (unpaired) electrons. The van der Waals surface area contributed by atoms with E-state index in [0.717, 1.165) is 0 Å². The number of hydrogen-bond acceptors (Lipinski definition) is 4. The number of nitrogens with zero attached hydrogens (tertiary/aromatic N) is 2. The zero-order chi connectivity index (χ0) is 6.57. The van der Waals surface area contributed by atoms with Gasteiger partial charge in [0.2, 0.25) is 0 Å². The normalized spacial score (nSPS) is 12.7. The maximum Gasteiger partial charge on any atom is 0.101 e. The summed E-state index contributed by atoms with van der Waals surface area (Å²) in [6, 6.07) is 0. The molecule has 0 atom stereocenters. The molecule has 0 bridgehead atoms. The zero-order valence-corrected chi connectivity index (χ0v) is 7.38. The Kier molecular flexibility index (Phi) is 7.31. The Morgan fingerprint density at radius 2 is 1.22 bits per heavy atom. The first-order valence-electron chi connectivity index (χ1n) is 2.10. The number of rotatable bonds is 1. The minimum absolute atomic E-state index is 0. The molecule has 0 spiro atoms. The molecule has 0 heterocycles. The number of hydrogen-bond donors (Lipinski definition) is 2. The first-order valence-corrected chi connectivity index (χ1v) is 2.10. The summed E-state index contributed by atoms with van der Waals surface area (Å²) in [6.07, 6.45) is 0. The quantitative estimate of drug-likeness (QED) is 0.425. The van der Waals surface area contributed by atoms with Gasteiger partial charge in [0.1, 0.15) is 11.4 Å². The van der Waals surface area contributed by atoms with Gasteiger partial charge in [-0.2, -0.15) is 0 Å². The molecular weight excluding hydrogens is 303 g/mol. The van der Waals surface area contributed by atoms with E-state index in [1.54, 1.807) is 0 Å². The first kappa shape index (κ1) is 11.4. The molecule has 0 unspecified atom stereocenters. The molecule has 2 N–H and O–H groups in total. The van der Waals surface area contributed by atoms with Crippen LogP contribution in [0.5, 0.6) is 0 Å². The van der Waals surface area contributed by atoms with Crippen LogP contribution in [0.3, 0.4) is 0 Å². The van der Waals surface area contributed by atoms with Gasteiger partial charge in [-0.25, -0.2) is 0 Å². The molecule has 0 saturated carbocycles. The molecule has 0 aliphatic rings. The first-order chi connectivity index (χ1) is 3.72. The summed E-state index contributed by atoms with van der Waals surface area (Å²) in [7, 11) is 0. The number of oxime groups is 2. The fraction of sp³-hybridized carbons (Fsp3) is 0.500. The Balaban J connectivity index is 0. The molecule has 9 heavy (non-hydrogen) atoms. The van der Waals surface area contributed by atoms with Crippen LogP contribution in [0.4, 0.5) is 0 Å². The molecule has 0 aromatic heterocycles. The van der Waals surface area contributed by atoms with Gasteiger partial charge in [-0.1, -0.05) is 10.3 Å². The van der Waals surface area contributed by atoms with Crippen LogP contribution in [-0.2, 0) is 21.1 Å². The van der Waals surface area contributed by atoms with Gasteiger partial charge in [0.15, 0.2) is 0 Å². The van der Waals surface area contributed by atoms with Crippen LogP contribution < -0.4 is 0 Å². The summed E-state index contributed by atoms with van der Waals surface area (Å²) in [5.74, 6) is 0. The second kappa shape index (κ2) is 5.76. The van der Waals surface area contributed by atoms with Crippen molar-refractivity contribution in [3.63, 3.8) is 0 Å². The molecule has 0 aromatic rings. The van der Waals surface area contributed by atoms with Crippen LogP contribution in [0, 0.1) is 0 Å². The predicted molar refractivity (Wildman–Crippen MR) is 29.8 cm³/mol. The van der Waals surface area contributed by atoms with Crippen LogP contribution in [0.15, 0.2) is 10.3 Å². The predicted octanol–water partition coefficient (Wildman–Crippen LogP) is 0.684. The molecule has 0 rings (SSSR count). The second-order valence-electron chi connectivity index (χ2n) is 1.37. The van der Waals surface area contributed by atoms with E-state index in [-0.39, 0.29) is 21.1 Å². The van der Waals surface area contributed by atoms with Crippen LogP contribution in [0.25, 0.3) is 0 Å². The van der Waals surface area contributed by atoms with Crippen LogP contribution in [0.2, 0.25) is 0 Å². The van der Waals surface area contributed by atoms with E-state index in [1.165, 1.54) is 13.8 Å². The third-order valence-electron chi connectivity index (χ3n) is 0.824. The van der Waals surface area contributed by atoms with Crippen LogP contribution in [-0.4, -0.2) is 21.8 Å². The molecular formula is C4H8N2O2Pt. The molecule has 0 saturated heterocycles. The average molecular weight is 311 g/mol. The van der Waals surface area contributed by atoms with Crippen molar-refractivity contribution in [2.24, 2.45) is 10.3 Å². The van der Waals surface area contributed by atoms with Gasteiger partial charge >= 0.3 is 0 Å². The maximum atomic E-state index is 8.03. The van der Waals surface area contributed by atoms with Crippen molar-refractivity contribution in [3.05, 3.63) is 0 Å². The molecule has 0 aromatic carbocycles. The van der Waals surface area contributed by atoms with E-state index in [1.807, 2.05) is 0 Å². The van der Waals surface area contributed by atoms with Crippen molar-refractivity contribution in [3.8, 4) is 0 Å². The Morgan fingerprint density at radius 1 is 1.00 bits per heavy atom. The average Bonchev–Trinajstić information content (AvgIpc) is 1.84. The van der Waals surface area contributed by atoms with Gasteiger partial charge in [0.05, 0.1) is 0 Å². The molecule has 56 valence electrons. The van der Waals surface area contributed by atoms with Gasteiger partial charge in [0.25, 0.3) is 0 Å². The Labute approximate surface area is 67.5 Å². The van der Waals surface area contributed by atoms with Gasteiger partial charge in [-0.3, -0.25) is 0 Å². The van der Waals surface area contributed by atoms with Gasteiger partial charge < -0.3 is 10.4 Å². The fourth-order valence-corrected chi connectivity index (χ4v) is 0.145. The van der Waals surface area contributed by atoms with Crippen molar-refractivity contribution >= 4 is 11.4 Å². The van der Waals surface area contributed by atoms with Crippen LogP contribution in [0.1, 0.15) is 13.8 Å². The fourth-order valence-electron chi connectivity index (χ4n) is 0.145. The van der Waals surface area contributed by atoms with E-state index >= 15 is 0 Å². The molecule has 0 aliphatic heterocycles. The Morgan fingerprint density at radius 3 is 1.33 bits per heavy atom. The smallest absolute Gasteiger partial charge is 0.101 e. The molecule has 4 nitrogen and oxygen atoms in total. The third-order valence-corrected chi connectivity index (χ3v) is 0.824.